The minimum Gasteiger partial charge on any atom is -0.365 e. The second-order valence-electron chi connectivity index (χ2n) is 5.36. The fourth-order valence-corrected chi connectivity index (χ4v) is 4.47. The van der Waals surface area contributed by atoms with E-state index in [0.29, 0.717) is 11.4 Å². The van der Waals surface area contributed by atoms with E-state index in [1.807, 2.05) is 6.92 Å². The first-order valence-corrected chi connectivity index (χ1v) is 9.16. The van der Waals surface area contributed by atoms with Gasteiger partial charge in [-0.1, -0.05) is 0 Å². The van der Waals surface area contributed by atoms with Gasteiger partial charge in [0.2, 0.25) is 5.28 Å². The molecule has 0 bridgehead atoms. The van der Waals surface area contributed by atoms with Crippen LogP contribution in [-0.4, -0.2) is 21.0 Å². The second kappa shape index (κ2) is 7.26. The summed E-state index contributed by atoms with van der Waals surface area (Å²) in [5.41, 5.74) is 7.12. The Kier molecular flexibility index (Phi) is 5.29. The summed E-state index contributed by atoms with van der Waals surface area (Å²) in [5, 5.41) is 3.27. The van der Waals surface area contributed by atoms with Gasteiger partial charge in [0.05, 0.1) is 15.4 Å². The quantitative estimate of drug-likeness (QED) is 0.595. The molecule has 9 heteroatoms. The topological polar surface area (TPSA) is 76.7 Å². The molecule has 126 valence electrons. The van der Waals surface area contributed by atoms with Gasteiger partial charge >= 0.3 is 0 Å². The molecule has 24 heavy (non-hydrogen) atoms. The minimum atomic E-state index is -0.369. The monoisotopic (exact) mass is 429 g/mol. The molecule has 3 rings (SSSR count). The van der Waals surface area contributed by atoms with E-state index in [2.05, 4.69) is 36.2 Å². The maximum absolute atomic E-state index is 13.7. The van der Waals surface area contributed by atoms with Crippen LogP contribution in [-0.2, 0) is 13.0 Å². The molecule has 1 atom stereocenters. The number of hydrogen-bond acceptors (Lipinski definition) is 6. The molecule has 1 unspecified atom stereocenters. The Morgan fingerprint density at radius 1 is 1.46 bits per heavy atom. The van der Waals surface area contributed by atoms with E-state index in [4.69, 9.17) is 17.3 Å². The highest BCUT2D eigenvalue weighted by Crippen LogP contribution is 2.39. The Labute approximate surface area is 155 Å². The van der Waals surface area contributed by atoms with Gasteiger partial charge in [0, 0.05) is 29.2 Å². The number of thiophene rings is 1. The molecular formula is C15H14BrClFN5S. The van der Waals surface area contributed by atoms with Gasteiger partial charge in [0.25, 0.3) is 0 Å². The maximum atomic E-state index is 13.7. The summed E-state index contributed by atoms with van der Waals surface area (Å²) in [6, 6.07) is 1.65. The number of rotatable bonds is 5. The summed E-state index contributed by atoms with van der Waals surface area (Å²) in [4.78, 5) is 13.4. The number of fused-ring (bicyclic) bond motifs is 1. The Bertz CT molecular complexity index is 886. The standard InChI is InChI=1S/C15H14BrClFN5S/c1-7(19)4-10-11(16)12-13(24-10)14(23-15(17)22-12)21-5-8-2-3-20-6-9(8)18/h2-3,6-7H,4-5,19H2,1H3,(H,21,22,23). The van der Waals surface area contributed by atoms with Crippen LogP contribution in [0.4, 0.5) is 10.2 Å². The third kappa shape index (κ3) is 3.66. The van der Waals surface area contributed by atoms with E-state index in [-0.39, 0.29) is 23.7 Å². The largest absolute Gasteiger partial charge is 0.365 e. The van der Waals surface area contributed by atoms with Crippen LogP contribution in [0.3, 0.4) is 0 Å². The number of hydrogen-bond donors (Lipinski definition) is 2. The molecule has 0 aliphatic heterocycles. The smallest absolute Gasteiger partial charge is 0.225 e. The molecule has 0 amide bonds. The molecule has 0 saturated heterocycles. The lowest BCUT2D eigenvalue weighted by Crippen LogP contribution is -2.17. The number of nitrogens with zero attached hydrogens (tertiary/aromatic N) is 3. The maximum Gasteiger partial charge on any atom is 0.225 e. The van der Waals surface area contributed by atoms with Gasteiger partial charge in [-0.3, -0.25) is 4.98 Å². The first-order chi connectivity index (χ1) is 11.5. The molecule has 0 saturated carbocycles. The lowest BCUT2D eigenvalue weighted by Gasteiger charge is -2.07. The van der Waals surface area contributed by atoms with Crippen molar-refractivity contribution in [3.8, 4) is 0 Å². The number of halogens is 3. The average Bonchev–Trinajstić information content (AvgIpc) is 2.82. The third-order valence-electron chi connectivity index (χ3n) is 3.33. The van der Waals surface area contributed by atoms with Crippen molar-refractivity contribution in [3.05, 3.63) is 44.5 Å². The molecule has 0 aliphatic rings. The van der Waals surface area contributed by atoms with Crippen molar-refractivity contribution in [2.75, 3.05) is 5.32 Å². The summed E-state index contributed by atoms with van der Waals surface area (Å²) < 4.78 is 15.5. The van der Waals surface area contributed by atoms with Crippen LogP contribution in [0, 0.1) is 5.82 Å². The van der Waals surface area contributed by atoms with Crippen molar-refractivity contribution in [2.45, 2.75) is 25.9 Å². The molecule has 5 nitrogen and oxygen atoms in total. The molecule has 3 heterocycles. The molecule has 3 N–H and O–H groups in total. The van der Waals surface area contributed by atoms with Crippen LogP contribution in [0.15, 0.2) is 22.9 Å². The first kappa shape index (κ1) is 17.5. The SMILES string of the molecule is CC(N)Cc1sc2c(NCc3ccncc3F)nc(Cl)nc2c1Br. The van der Waals surface area contributed by atoms with Gasteiger partial charge in [-0.2, -0.15) is 4.98 Å². The average molecular weight is 431 g/mol. The van der Waals surface area contributed by atoms with Crippen LogP contribution in [0.2, 0.25) is 5.28 Å². The molecule has 0 radical (unpaired) electrons. The van der Waals surface area contributed by atoms with Gasteiger partial charge in [0.1, 0.15) is 17.2 Å². The van der Waals surface area contributed by atoms with E-state index < -0.39 is 0 Å². The normalized spacial score (nSPS) is 12.5. The molecular weight excluding hydrogens is 417 g/mol. The summed E-state index contributed by atoms with van der Waals surface area (Å²) in [5.74, 6) is 0.203. The predicted octanol–water partition coefficient (Wildman–Crippen LogP) is 4.14. The predicted molar refractivity (Wildman–Crippen MR) is 99.0 cm³/mol. The van der Waals surface area contributed by atoms with Gasteiger partial charge in [0.15, 0.2) is 0 Å². The van der Waals surface area contributed by atoms with E-state index in [9.17, 15) is 4.39 Å². The van der Waals surface area contributed by atoms with Crippen LogP contribution in [0.25, 0.3) is 10.2 Å². The lowest BCUT2D eigenvalue weighted by molar-refractivity contribution is 0.606. The molecule has 3 aromatic rings. The second-order valence-corrected chi connectivity index (χ2v) is 7.60. The van der Waals surface area contributed by atoms with Crippen molar-refractivity contribution in [1.29, 1.82) is 0 Å². The van der Waals surface area contributed by atoms with Gasteiger partial charge in [-0.15, -0.1) is 11.3 Å². The van der Waals surface area contributed by atoms with Crippen molar-refractivity contribution >= 4 is 54.9 Å². The van der Waals surface area contributed by atoms with Crippen LogP contribution in [0.1, 0.15) is 17.4 Å². The van der Waals surface area contributed by atoms with Crippen LogP contribution < -0.4 is 11.1 Å². The number of nitrogens with one attached hydrogen (secondary N) is 1. The third-order valence-corrected chi connectivity index (χ3v) is 5.82. The van der Waals surface area contributed by atoms with Crippen molar-refractivity contribution in [3.63, 3.8) is 0 Å². The Balaban J connectivity index is 1.96. The van der Waals surface area contributed by atoms with Crippen molar-refractivity contribution in [1.82, 2.24) is 15.0 Å². The fraction of sp³-hybridized carbons (Fsp3) is 0.267. The number of pyridine rings is 1. The summed E-state index contributed by atoms with van der Waals surface area (Å²) >= 11 is 11.2. The van der Waals surface area contributed by atoms with Crippen LogP contribution in [0.5, 0.6) is 0 Å². The van der Waals surface area contributed by atoms with E-state index in [1.165, 1.54) is 6.20 Å². The summed E-state index contributed by atoms with van der Waals surface area (Å²) in [7, 11) is 0. The number of aromatic nitrogens is 3. The van der Waals surface area contributed by atoms with Crippen LogP contribution >= 0.6 is 38.9 Å². The molecule has 0 fully saturated rings. The zero-order chi connectivity index (χ0) is 17.3. The van der Waals surface area contributed by atoms with E-state index >= 15 is 0 Å². The molecule has 3 aromatic heterocycles. The highest BCUT2D eigenvalue weighted by molar-refractivity contribution is 9.10. The summed E-state index contributed by atoms with van der Waals surface area (Å²) in [6.07, 6.45) is 3.45. The lowest BCUT2D eigenvalue weighted by atomic mass is 10.2. The van der Waals surface area contributed by atoms with Crippen molar-refractivity contribution in [2.24, 2.45) is 5.73 Å². The Morgan fingerprint density at radius 3 is 2.96 bits per heavy atom. The Hall–Kier alpha value is -1.35. The van der Waals surface area contributed by atoms with E-state index in [1.54, 1.807) is 23.6 Å². The molecule has 0 aliphatic carbocycles. The molecule has 0 spiro atoms. The number of nitrogens with two attached hydrogens (primary N) is 1. The number of anilines is 1. The van der Waals surface area contributed by atoms with Gasteiger partial charge in [-0.25, -0.2) is 9.37 Å². The Morgan fingerprint density at radius 2 is 2.25 bits per heavy atom. The zero-order valence-corrected chi connectivity index (χ0v) is 15.8. The fourth-order valence-electron chi connectivity index (χ4n) is 2.24. The first-order valence-electron chi connectivity index (χ1n) is 7.18. The zero-order valence-electron chi connectivity index (χ0n) is 12.7. The highest BCUT2D eigenvalue weighted by Gasteiger charge is 2.17. The van der Waals surface area contributed by atoms with E-state index in [0.717, 1.165) is 26.0 Å². The molecule has 0 aromatic carbocycles. The van der Waals surface area contributed by atoms with Crippen molar-refractivity contribution < 1.29 is 4.39 Å². The highest BCUT2D eigenvalue weighted by atomic mass is 79.9. The van der Waals surface area contributed by atoms with Gasteiger partial charge < -0.3 is 11.1 Å². The summed E-state index contributed by atoms with van der Waals surface area (Å²) in [6.45, 7) is 2.22. The minimum absolute atomic E-state index is 0.0279. The van der Waals surface area contributed by atoms with Gasteiger partial charge in [-0.05, 0) is 46.9 Å².